The second-order valence-corrected chi connectivity index (χ2v) is 4.52. The molecule has 0 atom stereocenters. The molecule has 24 heavy (non-hydrogen) atoms. The number of nitroso groups, excluding NO2 is 4. The minimum Gasteiger partial charge on any atom is -0.340 e. The van der Waals surface area contributed by atoms with E-state index in [2.05, 4.69) is 51.5 Å². The van der Waals surface area contributed by atoms with Crippen LogP contribution in [0.15, 0.2) is 33.1 Å². The zero-order valence-corrected chi connectivity index (χ0v) is 11.9. The van der Waals surface area contributed by atoms with E-state index in [1.807, 2.05) is 0 Å². The molecule has 0 spiro atoms. The van der Waals surface area contributed by atoms with E-state index >= 15 is 0 Å². The Bertz CT molecular complexity index is 703. The van der Waals surface area contributed by atoms with Crippen molar-refractivity contribution in [3.05, 3.63) is 32.0 Å². The molecule has 124 valence electrons. The Balaban J connectivity index is 2.21. The fourth-order valence-electron chi connectivity index (χ4n) is 1.71. The molecular weight excluding hydrogens is 326 g/mol. The maximum atomic E-state index is 10.5. The summed E-state index contributed by atoms with van der Waals surface area (Å²) in [4.78, 5) is 42.0. The minimum absolute atomic E-state index is 0.0587. The van der Waals surface area contributed by atoms with Gasteiger partial charge in [-0.15, -0.1) is 25.3 Å². The first-order chi connectivity index (χ1) is 11.7. The molecule has 0 aliphatic carbocycles. The van der Waals surface area contributed by atoms with E-state index < -0.39 is 25.2 Å². The van der Waals surface area contributed by atoms with Gasteiger partial charge in [0.05, 0.1) is 12.4 Å². The molecule has 2 aromatic heterocycles. The van der Waals surface area contributed by atoms with Crippen LogP contribution in [0.25, 0.3) is 5.95 Å². The van der Waals surface area contributed by atoms with Crippen LogP contribution in [0.2, 0.25) is 0 Å². The van der Waals surface area contributed by atoms with Crippen LogP contribution < -0.4 is 5.32 Å². The Hall–Kier alpha value is -3.65. The summed E-state index contributed by atoms with van der Waals surface area (Å²) in [7, 11) is 0. The van der Waals surface area contributed by atoms with Crippen LogP contribution in [0, 0.1) is 19.6 Å². The largest absolute Gasteiger partial charge is 0.340 e. The smallest absolute Gasteiger partial charge is 0.289 e. The number of nitrogens with zero attached hydrogens (tertiary/aromatic N) is 10. The zero-order valence-electron chi connectivity index (χ0n) is 11.9. The Kier molecular flexibility index (Phi) is 5.27. The van der Waals surface area contributed by atoms with Gasteiger partial charge in [0.25, 0.3) is 11.9 Å². The van der Waals surface area contributed by atoms with Gasteiger partial charge < -0.3 is 5.32 Å². The van der Waals surface area contributed by atoms with Crippen molar-refractivity contribution in [1.29, 1.82) is 0 Å². The summed E-state index contributed by atoms with van der Waals surface area (Å²) in [6.45, 7) is -1.41. The van der Waals surface area contributed by atoms with E-state index in [0.717, 1.165) is 4.68 Å². The van der Waals surface area contributed by atoms with Gasteiger partial charge in [0.2, 0.25) is 0 Å². The van der Waals surface area contributed by atoms with Crippen LogP contribution in [0.5, 0.6) is 0 Å². The van der Waals surface area contributed by atoms with Crippen LogP contribution in [-0.2, 0) is 0 Å². The average molecular weight is 335 g/mol. The highest BCUT2D eigenvalue weighted by Gasteiger charge is 2.33. The predicted molar refractivity (Wildman–Crippen MR) is 78.5 cm³/mol. The van der Waals surface area contributed by atoms with Gasteiger partial charge in [-0.1, -0.05) is 15.5 Å². The van der Waals surface area contributed by atoms with Crippen molar-refractivity contribution in [1.82, 2.24) is 30.2 Å². The van der Waals surface area contributed by atoms with Crippen molar-refractivity contribution in [2.45, 2.75) is 5.54 Å². The fourth-order valence-corrected chi connectivity index (χ4v) is 1.71. The van der Waals surface area contributed by atoms with Gasteiger partial charge in [-0.2, -0.15) is 19.8 Å². The molecule has 0 aliphatic rings. The number of anilines is 1. The van der Waals surface area contributed by atoms with E-state index in [1.54, 1.807) is 0 Å². The van der Waals surface area contributed by atoms with Crippen molar-refractivity contribution in [2.24, 2.45) is 20.7 Å². The third-order valence-electron chi connectivity index (χ3n) is 2.83. The van der Waals surface area contributed by atoms with Crippen molar-refractivity contribution < 1.29 is 0 Å². The molecule has 15 nitrogen and oxygen atoms in total. The van der Waals surface area contributed by atoms with Crippen LogP contribution in [0.3, 0.4) is 0 Å². The molecule has 0 unspecified atom stereocenters. The summed E-state index contributed by atoms with van der Waals surface area (Å²) >= 11 is 0. The van der Waals surface area contributed by atoms with Crippen molar-refractivity contribution >= 4 is 11.6 Å². The van der Waals surface area contributed by atoms with E-state index in [0.29, 0.717) is 0 Å². The maximum Gasteiger partial charge on any atom is 0.289 e. The van der Waals surface area contributed by atoms with Crippen LogP contribution in [-0.4, -0.2) is 55.3 Å². The highest BCUT2D eigenvalue weighted by molar-refractivity contribution is 5.32. The summed E-state index contributed by atoms with van der Waals surface area (Å²) in [6.07, 6.45) is 2.45. The third-order valence-corrected chi connectivity index (χ3v) is 2.83. The second kappa shape index (κ2) is 7.56. The molecule has 0 bridgehead atoms. The fraction of sp³-hybridized carbons (Fsp3) is 0.444. The highest BCUT2D eigenvalue weighted by atomic mass is 16.3. The molecule has 0 aliphatic heterocycles. The lowest BCUT2D eigenvalue weighted by Crippen LogP contribution is -2.48. The molecule has 0 aromatic carbocycles. The van der Waals surface area contributed by atoms with Crippen LogP contribution >= 0.6 is 0 Å². The Morgan fingerprint density at radius 3 is 2.00 bits per heavy atom. The van der Waals surface area contributed by atoms with Gasteiger partial charge in [0.15, 0.2) is 0 Å². The molecule has 0 amide bonds. The van der Waals surface area contributed by atoms with Gasteiger partial charge in [-0.25, -0.2) is 4.68 Å². The number of hydrogen-bond acceptors (Lipinski definition) is 14. The Morgan fingerprint density at radius 2 is 1.54 bits per heavy atom. The molecule has 2 aromatic rings. The number of hydrogen-bond donors (Lipinski definition) is 1. The summed E-state index contributed by atoms with van der Waals surface area (Å²) in [5.41, 5.74) is -1.40. The molecular formula is C9H9N11O4. The Labute approximate surface area is 132 Å². The first-order valence-corrected chi connectivity index (χ1v) is 6.28. The molecule has 2 heterocycles. The minimum atomic E-state index is -1.46. The summed E-state index contributed by atoms with van der Waals surface area (Å²) in [6, 6.07) is 0. The Morgan fingerprint density at radius 1 is 0.958 bits per heavy atom. The highest BCUT2D eigenvalue weighted by Crippen LogP contribution is 2.15. The summed E-state index contributed by atoms with van der Waals surface area (Å²) in [5, 5.41) is 31.8. The standard InChI is InChI=1S/C9H9N11O4/c21-11-3-9(4-12-22,5-13-23)14-7-15-17-8(18-16-7)20-2-6(19-24)1-10-20/h1-2H,3-5H2,(H,14,15,16). The molecule has 2 rings (SSSR count). The van der Waals surface area contributed by atoms with E-state index in [-0.39, 0.29) is 17.6 Å². The molecule has 0 saturated heterocycles. The molecule has 1 N–H and O–H groups in total. The van der Waals surface area contributed by atoms with Gasteiger partial charge in [0.1, 0.15) is 30.9 Å². The van der Waals surface area contributed by atoms with Gasteiger partial charge >= 0.3 is 0 Å². The predicted octanol–water partition coefficient (Wildman–Crippen LogP) is 0.300. The van der Waals surface area contributed by atoms with Crippen LogP contribution in [0.4, 0.5) is 11.6 Å². The number of rotatable bonds is 10. The lowest BCUT2D eigenvalue weighted by atomic mass is 10.0. The molecule has 15 heteroatoms. The van der Waals surface area contributed by atoms with E-state index in [9.17, 15) is 19.6 Å². The van der Waals surface area contributed by atoms with Crippen LogP contribution in [0.1, 0.15) is 0 Å². The normalized spacial score (nSPS) is 10.8. The van der Waals surface area contributed by atoms with Crippen molar-refractivity contribution in [3.8, 4) is 5.95 Å². The lowest BCUT2D eigenvalue weighted by Gasteiger charge is -2.26. The molecule has 0 saturated carbocycles. The van der Waals surface area contributed by atoms with E-state index in [1.165, 1.54) is 12.4 Å². The van der Waals surface area contributed by atoms with Crippen molar-refractivity contribution in [3.63, 3.8) is 0 Å². The molecule has 0 fully saturated rings. The third kappa shape index (κ3) is 3.76. The quantitative estimate of drug-likeness (QED) is 0.588. The first-order valence-electron chi connectivity index (χ1n) is 6.28. The monoisotopic (exact) mass is 335 g/mol. The SMILES string of the molecule is O=NCC(CN=O)(CN=O)Nc1nnc(-n2cc(N=O)cn2)nn1. The topological polar surface area (TPSA) is 199 Å². The van der Waals surface area contributed by atoms with Gasteiger partial charge in [0, 0.05) is 0 Å². The zero-order chi connectivity index (χ0) is 17.4. The van der Waals surface area contributed by atoms with E-state index in [4.69, 9.17) is 0 Å². The first kappa shape index (κ1) is 16.7. The maximum absolute atomic E-state index is 10.5. The van der Waals surface area contributed by atoms with Gasteiger partial charge in [-0.3, -0.25) is 0 Å². The summed E-state index contributed by atoms with van der Waals surface area (Å²) in [5.74, 6) is -0.243. The second-order valence-electron chi connectivity index (χ2n) is 4.52. The molecule has 0 radical (unpaired) electrons. The van der Waals surface area contributed by atoms with Crippen molar-refractivity contribution in [2.75, 3.05) is 25.0 Å². The lowest BCUT2D eigenvalue weighted by molar-refractivity contribution is 0.489. The number of aromatic nitrogens is 6. The average Bonchev–Trinajstić information content (AvgIpc) is 3.05. The summed E-state index contributed by atoms with van der Waals surface area (Å²) < 4.78 is 1.11. The van der Waals surface area contributed by atoms with Gasteiger partial charge in [-0.05, 0) is 5.18 Å². The number of nitrogens with one attached hydrogen (secondary N) is 1.